The van der Waals surface area contributed by atoms with Crippen LogP contribution in [0.15, 0.2) is 72.9 Å². The molecule has 1 heteroatoms. The van der Waals surface area contributed by atoms with E-state index in [1.165, 1.54) is 49.8 Å². The molecule has 0 saturated heterocycles. The zero-order valence-corrected chi connectivity index (χ0v) is 16.4. The van der Waals surface area contributed by atoms with Crippen LogP contribution in [-0.2, 0) is 12.5 Å². The van der Waals surface area contributed by atoms with Crippen molar-refractivity contribution in [1.29, 1.82) is 0 Å². The van der Waals surface area contributed by atoms with E-state index >= 15 is 0 Å². The van der Waals surface area contributed by atoms with Crippen molar-refractivity contribution in [1.82, 2.24) is 0 Å². The van der Waals surface area contributed by atoms with Crippen molar-refractivity contribution in [3.05, 3.63) is 89.6 Å². The van der Waals surface area contributed by atoms with Crippen LogP contribution in [0.3, 0.4) is 0 Å². The van der Waals surface area contributed by atoms with Crippen LogP contribution >= 0.6 is 0 Å². The van der Waals surface area contributed by atoms with Crippen molar-refractivity contribution < 1.29 is 4.57 Å². The van der Waals surface area contributed by atoms with Crippen LogP contribution in [0.25, 0.3) is 33.2 Å². The molecule has 0 aliphatic heterocycles. The molecule has 0 spiro atoms. The molecule has 0 saturated carbocycles. The van der Waals surface area contributed by atoms with E-state index in [4.69, 9.17) is 0 Å². The first-order chi connectivity index (χ1) is 13.0. The largest absolute Gasteiger partial charge is 0.220 e. The fraction of sp³-hybridized carbons (Fsp3) is 0.192. The van der Waals surface area contributed by atoms with E-state index in [0.717, 1.165) is 0 Å². The lowest BCUT2D eigenvalue weighted by atomic mass is 9.81. The molecule has 3 aromatic carbocycles. The molecule has 0 atom stereocenters. The standard InChI is InChI=1S/C26H24N/c1-17-15-22-20-11-7-8-12-23(20)26(2,3)24(22)16-21(17)25-19-10-6-5-9-18(19)13-14-27(25)4/h5-16H,1-4H3/q+1. The van der Waals surface area contributed by atoms with Crippen LogP contribution in [0.1, 0.15) is 30.5 Å². The third-order valence-electron chi connectivity index (χ3n) is 6.23. The van der Waals surface area contributed by atoms with Crippen molar-refractivity contribution >= 4 is 10.8 Å². The highest BCUT2D eigenvalue weighted by Crippen LogP contribution is 2.50. The normalized spacial score (nSPS) is 14.2. The fourth-order valence-corrected chi connectivity index (χ4v) is 4.76. The Kier molecular flexibility index (Phi) is 3.33. The number of aryl methyl sites for hydroxylation is 2. The number of rotatable bonds is 1. The SMILES string of the molecule is Cc1cc2c(cc1-c1c3ccccc3cc[n+]1C)C(C)(C)c1ccccc1-2. The molecular weight excluding hydrogens is 326 g/mol. The molecule has 0 amide bonds. The first-order valence-corrected chi connectivity index (χ1v) is 9.61. The van der Waals surface area contributed by atoms with Crippen LogP contribution in [-0.4, -0.2) is 0 Å². The van der Waals surface area contributed by atoms with Gasteiger partial charge in [0, 0.05) is 11.5 Å². The predicted molar refractivity (Wildman–Crippen MR) is 113 cm³/mol. The first-order valence-electron chi connectivity index (χ1n) is 9.61. The van der Waals surface area contributed by atoms with Gasteiger partial charge in [-0.05, 0) is 52.3 Å². The van der Waals surface area contributed by atoms with Crippen molar-refractivity contribution in [2.45, 2.75) is 26.2 Å². The summed E-state index contributed by atoms with van der Waals surface area (Å²) in [6.07, 6.45) is 2.17. The maximum Gasteiger partial charge on any atom is 0.220 e. The Morgan fingerprint density at radius 3 is 2.33 bits per heavy atom. The molecule has 0 bridgehead atoms. The van der Waals surface area contributed by atoms with E-state index in [1.807, 2.05) is 0 Å². The third-order valence-corrected chi connectivity index (χ3v) is 6.23. The van der Waals surface area contributed by atoms with Crippen molar-refractivity contribution in [2.75, 3.05) is 0 Å². The number of aromatic nitrogens is 1. The molecule has 0 radical (unpaired) electrons. The lowest BCUT2D eigenvalue weighted by Crippen LogP contribution is -2.31. The molecular formula is C26H24N+. The maximum absolute atomic E-state index is 2.44. The molecule has 1 aliphatic rings. The highest BCUT2D eigenvalue weighted by atomic mass is 14.9. The average Bonchev–Trinajstić information content (AvgIpc) is 2.89. The summed E-state index contributed by atoms with van der Waals surface area (Å²) in [4.78, 5) is 0. The Balaban J connectivity index is 1.84. The van der Waals surface area contributed by atoms with Gasteiger partial charge in [0.15, 0.2) is 6.20 Å². The Hall–Kier alpha value is -2.93. The minimum Gasteiger partial charge on any atom is -0.200 e. The molecule has 1 heterocycles. The van der Waals surface area contributed by atoms with Crippen molar-refractivity contribution in [3.63, 3.8) is 0 Å². The molecule has 132 valence electrons. The first kappa shape index (κ1) is 16.3. The minimum atomic E-state index is 0.0253. The van der Waals surface area contributed by atoms with Gasteiger partial charge in [0.25, 0.3) is 0 Å². The summed E-state index contributed by atoms with van der Waals surface area (Å²) in [5, 5.41) is 2.59. The van der Waals surface area contributed by atoms with Gasteiger partial charge in [0.2, 0.25) is 5.69 Å². The summed E-state index contributed by atoms with van der Waals surface area (Å²) in [5.74, 6) is 0. The number of hydrogen-bond donors (Lipinski definition) is 0. The van der Waals surface area contributed by atoms with Gasteiger partial charge in [-0.3, -0.25) is 0 Å². The molecule has 0 N–H and O–H groups in total. The fourth-order valence-electron chi connectivity index (χ4n) is 4.76. The second kappa shape index (κ2) is 5.53. The van der Waals surface area contributed by atoms with Gasteiger partial charge >= 0.3 is 0 Å². The van der Waals surface area contributed by atoms with E-state index in [9.17, 15) is 0 Å². The van der Waals surface area contributed by atoms with Crippen molar-refractivity contribution in [3.8, 4) is 22.4 Å². The molecule has 1 aliphatic carbocycles. The van der Waals surface area contributed by atoms with E-state index in [1.54, 1.807) is 0 Å². The van der Waals surface area contributed by atoms with E-state index in [-0.39, 0.29) is 5.41 Å². The van der Waals surface area contributed by atoms with Crippen LogP contribution in [0.5, 0.6) is 0 Å². The highest BCUT2D eigenvalue weighted by molar-refractivity contribution is 5.95. The molecule has 0 fully saturated rings. The van der Waals surface area contributed by atoms with Gasteiger partial charge in [-0.15, -0.1) is 0 Å². The Bertz CT molecular complexity index is 1210. The molecule has 0 unspecified atom stereocenters. The van der Waals surface area contributed by atoms with Crippen molar-refractivity contribution in [2.24, 2.45) is 7.05 Å². The summed E-state index contributed by atoms with van der Waals surface area (Å²) in [6, 6.07) is 24.5. The Morgan fingerprint density at radius 1 is 0.741 bits per heavy atom. The van der Waals surface area contributed by atoms with Gasteiger partial charge in [-0.1, -0.05) is 62.4 Å². The molecule has 4 aromatic rings. The number of benzene rings is 3. The van der Waals surface area contributed by atoms with E-state index in [2.05, 4.69) is 105 Å². The van der Waals surface area contributed by atoms with Crippen LogP contribution < -0.4 is 4.57 Å². The van der Waals surface area contributed by atoms with Crippen LogP contribution in [0.4, 0.5) is 0 Å². The van der Waals surface area contributed by atoms with Crippen LogP contribution in [0, 0.1) is 6.92 Å². The summed E-state index contributed by atoms with van der Waals surface area (Å²) >= 11 is 0. The molecule has 27 heavy (non-hydrogen) atoms. The average molecular weight is 350 g/mol. The topological polar surface area (TPSA) is 3.88 Å². The smallest absolute Gasteiger partial charge is 0.200 e. The van der Waals surface area contributed by atoms with Gasteiger partial charge < -0.3 is 0 Å². The maximum atomic E-state index is 2.44. The summed E-state index contributed by atoms with van der Waals surface area (Å²) in [7, 11) is 2.15. The highest BCUT2D eigenvalue weighted by Gasteiger charge is 2.36. The van der Waals surface area contributed by atoms with Crippen LogP contribution in [0.2, 0.25) is 0 Å². The number of nitrogens with zero attached hydrogens (tertiary/aromatic N) is 1. The number of hydrogen-bond acceptors (Lipinski definition) is 0. The lowest BCUT2D eigenvalue weighted by molar-refractivity contribution is -0.659. The summed E-state index contributed by atoms with van der Waals surface area (Å²) < 4.78 is 2.26. The predicted octanol–water partition coefficient (Wildman–Crippen LogP) is 5.95. The molecule has 5 rings (SSSR count). The number of pyridine rings is 1. The summed E-state index contributed by atoms with van der Waals surface area (Å²) in [5.41, 5.74) is 9.60. The van der Waals surface area contributed by atoms with E-state index in [0.29, 0.717) is 0 Å². The minimum absolute atomic E-state index is 0.0253. The second-order valence-electron chi connectivity index (χ2n) is 8.25. The molecule has 1 aromatic heterocycles. The monoisotopic (exact) mass is 350 g/mol. The van der Waals surface area contributed by atoms with Gasteiger partial charge in [-0.25, -0.2) is 4.57 Å². The van der Waals surface area contributed by atoms with Gasteiger partial charge in [-0.2, -0.15) is 0 Å². The molecule has 1 nitrogen and oxygen atoms in total. The Morgan fingerprint density at radius 2 is 1.48 bits per heavy atom. The quantitative estimate of drug-likeness (QED) is 0.374. The number of fused-ring (bicyclic) bond motifs is 4. The summed E-state index contributed by atoms with van der Waals surface area (Å²) in [6.45, 7) is 6.94. The van der Waals surface area contributed by atoms with Gasteiger partial charge in [0.05, 0.1) is 10.9 Å². The zero-order chi connectivity index (χ0) is 18.8. The third kappa shape index (κ3) is 2.21. The lowest BCUT2D eigenvalue weighted by Gasteiger charge is -2.22. The second-order valence-corrected chi connectivity index (χ2v) is 8.25. The van der Waals surface area contributed by atoms with Gasteiger partial charge in [0.1, 0.15) is 7.05 Å². The Labute approximate surface area is 160 Å². The zero-order valence-electron chi connectivity index (χ0n) is 16.4. The van der Waals surface area contributed by atoms with E-state index < -0.39 is 0 Å².